The Balaban J connectivity index is 1.76. The topological polar surface area (TPSA) is 38.3 Å². The van der Waals surface area contributed by atoms with Gasteiger partial charge in [0.1, 0.15) is 0 Å². The summed E-state index contributed by atoms with van der Waals surface area (Å²) >= 11 is 3.93. The fraction of sp³-hybridized carbons (Fsp3) is 0.938. The third kappa shape index (κ3) is 5.68. The number of nitrogens with one attached hydrogen (secondary N) is 1. The third-order valence-electron chi connectivity index (χ3n) is 4.16. The zero-order valence-electron chi connectivity index (χ0n) is 13.5. The molecular weight excluding hydrogens is 302 g/mol. The van der Waals surface area contributed by atoms with Crippen molar-refractivity contribution < 1.29 is 9.53 Å². The van der Waals surface area contributed by atoms with E-state index < -0.39 is 0 Å². The van der Waals surface area contributed by atoms with Crippen molar-refractivity contribution in [3.05, 3.63) is 0 Å². The highest BCUT2D eigenvalue weighted by atomic mass is 32.2. The molecule has 0 radical (unpaired) electrons. The number of carbonyl (C=O) groups excluding carboxylic acids is 1. The maximum Gasteiger partial charge on any atom is 0.221 e. The Kier molecular flexibility index (Phi) is 6.76. The summed E-state index contributed by atoms with van der Waals surface area (Å²) in [4.78, 5) is 12.1. The molecule has 5 heteroatoms. The van der Waals surface area contributed by atoms with E-state index in [0.29, 0.717) is 17.6 Å². The van der Waals surface area contributed by atoms with E-state index in [1.807, 2.05) is 23.5 Å². The van der Waals surface area contributed by atoms with Gasteiger partial charge in [-0.15, -0.1) is 0 Å². The van der Waals surface area contributed by atoms with Gasteiger partial charge in [-0.25, -0.2) is 0 Å². The summed E-state index contributed by atoms with van der Waals surface area (Å²) < 4.78 is 5.98. The zero-order valence-corrected chi connectivity index (χ0v) is 15.2. The number of hydrogen-bond donors (Lipinski definition) is 1. The molecule has 3 atom stereocenters. The maximum atomic E-state index is 12.1. The van der Waals surface area contributed by atoms with Crippen LogP contribution >= 0.6 is 23.5 Å². The minimum Gasteiger partial charge on any atom is -0.377 e. The monoisotopic (exact) mass is 331 g/mol. The van der Waals surface area contributed by atoms with E-state index in [9.17, 15) is 4.79 Å². The predicted octanol–water partition coefficient (Wildman–Crippen LogP) is 3.18. The first-order valence-corrected chi connectivity index (χ1v) is 10.2. The predicted molar refractivity (Wildman–Crippen MR) is 93.1 cm³/mol. The van der Waals surface area contributed by atoms with Gasteiger partial charge in [-0.1, -0.05) is 20.8 Å². The number of carbonyl (C=O) groups is 1. The molecule has 2 saturated heterocycles. The van der Waals surface area contributed by atoms with Crippen LogP contribution in [-0.4, -0.2) is 47.7 Å². The van der Waals surface area contributed by atoms with Gasteiger partial charge in [-0.3, -0.25) is 4.79 Å². The quantitative estimate of drug-likeness (QED) is 0.859. The second kappa shape index (κ2) is 8.11. The van der Waals surface area contributed by atoms with Crippen molar-refractivity contribution in [3.8, 4) is 0 Å². The van der Waals surface area contributed by atoms with Crippen molar-refractivity contribution >= 4 is 29.4 Å². The Morgan fingerprint density at radius 3 is 2.81 bits per heavy atom. The highest BCUT2D eigenvalue weighted by Gasteiger charge is 2.35. The molecule has 0 bridgehead atoms. The van der Waals surface area contributed by atoms with Gasteiger partial charge in [-0.2, -0.15) is 23.5 Å². The van der Waals surface area contributed by atoms with Crippen molar-refractivity contribution in [2.45, 2.75) is 51.4 Å². The summed E-state index contributed by atoms with van der Waals surface area (Å²) in [6, 6.07) is 0. The molecule has 2 aliphatic rings. The van der Waals surface area contributed by atoms with Gasteiger partial charge in [0.2, 0.25) is 5.91 Å². The van der Waals surface area contributed by atoms with Crippen LogP contribution < -0.4 is 5.32 Å². The first-order valence-electron chi connectivity index (χ1n) is 8.04. The highest BCUT2D eigenvalue weighted by Crippen LogP contribution is 2.33. The van der Waals surface area contributed by atoms with Crippen LogP contribution in [0, 0.1) is 11.3 Å². The molecule has 0 aromatic heterocycles. The van der Waals surface area contributed by atoms with Crippen molar-refractivity contribution in [2.75, 3.05) is 30.4 Å². The number of amides is 1. The van der Waals surface area contributed by atoms with E-state index in [0.717, 1.165) is 31.7 Å². The van der Waals surface area contributed by atoms with Gasteiger partial charge >= 0.3 is 0 Å². The largest absolute Gasteiger partial charge is 0.377 e. The maximum absolute atomic E-state index is 12.1. The summed E-state index contributed by atoms with van der Waals surface area (Å²) in [6.07, 6.45) is 3.20. The Bertz CT molecular complexity index is 338. The lowest BCUT2D eigenvalue weighted by atomic mass is 9.78. The van der Waals surface area contributed by atoms with E-state index in [-0.39, 0.29) is 17.4 Å². The number of ether oxygens (including phenoxy) is 1. The van der Waals surface area contributed by atoms with E-state index in [1.54, 1.807) is 0 Å². The number of rotatable bonds is 4. The molecular formula is C16H29NO2S2. The molecule has 3 nitrogen and oxygen atoms in total. The summed E-state index contributed by atoms with van der Waals surface area (Å²) in [5.41, 5.74) is 0.145. The van der Waals surface area contributed by atoms with Crippen LogP contribution in [0.15, 0.2) is 0 Å². The van der Waals surface area contributed by atoms with Crippen molar-refractivity contribution in [1.82, 2.24) is 5.32 Å². The molecule has 122 valence electrons. The van der Waals surface area contributed by atoms with Crippen LogP contribution in [0.4, 0.5) is 0 Å². The standard InChI is InChI=1S/C16H29NO2S2/c1-16(2,3)15-12(5-4-6-19-15)10-17-14(18)9-13-11-20-7-8-21-13/h12-13,15H,4-11H2,1-3H3,(H,17,18)/t12-,13+,15-/m1/s1. The zero-order chi connectivity index (χ0) is 15.3. The molecule has 0 unspecified atom stereocenters. The Hall–Kier alpha value is 0.130. The molecule has 2 heterocycles. The first-order chi connectivity index (χ1) is 9.97. The van der Waals surface area contributed by atoms with Gasteiger partial charge in [0.15, 0.2) is 0 Å². The lowest BCUT2D eigenvalue weighted by Gasteiger charge is -2.40. The van der Waals surface area contributed by atoms with Crippen molar-refractivity contribution in [1.29, 1.82) is 0 Å². The van der Waals surface area contributed by atoms with Crippen LogP contribution in [0.5, 0.6) is 0 Å². The Morgan fingerprint density at radius 2 is 2.14 bits per heavy atom. The number of hydrogen-bond acceptors (Lipinski definition) is 4. The molecule has 0 saturated carbocycles. The highest BCUT2D eigenvalue weighted by molar-refractivity contribution is 8.06. The van der Waals surface area contributed by atoms with E-state index >= 15 is 0 Å². The van der Waals surface area contributed by atoms with E-state index in [1.165, 1.54) is 11.5 Å². The lowest BCUT2D eigenvalue weighted by molar-refractivity contribution is -0.122. The molecule has 2 fully saturated rings. The first kappa shape index (κ1) is 17.5. The van der Waals surface area contributed by atoms with E-state index in [2.05, 4.69) is 26.1 Å². The average molecular weight is 332 g/mol. The van der Waals surface area contributed by atoms with Crippen LogP contribution in [0.1, 0.15) is 40.0 Å². The third-order valence-corrected chi connectivity index (χ3v) is 7.00. The van der Waals surface area contributed by atoms with Crippen LogP contribution in [0.25, 0.3) is 0 Å². The molecule has 0 aromatic carbocycles. The molecule has 0 aliphatic carbocycles. The molecule has 1 N–H and O–H groups in total. The number of thioether (sulfide) groups is 2. The smallest absolute Gasteiger partial charge is 0.221 e. The van der Waals surface area contributed by atoms with E-state index in [4.69, 9.17) is 4.74 Å². The lowest BCUT2D eigenvalue weighted by Crippen LogP contribution is -2.45. The summed E-state index contributed by atoms with van der Waals surface area (Å²) in [6.45, 7) is 8.32. The average Bonchev–Trinajstić information content (AvgIpc) is 2.45. The molecule has 21 heavy (non-hydrogen) atoms. The summed E-state index contributed by atoms with van der Waals surface area (Å²) in [5, 5.41) is 3.66. The Morgan fingerprint density at radius 1 is 1.33 bits per heavy atom. The SMILES string of the molecule is CC(C)(C)[C@@H]1OCCC[C@@H]1CNC(=O)C[C@H]1CSCCS1. The Labute approximate surface area is 137 Å². The van der Waals surface area contributed by atoms with Crippen LogP contribution in [-0.2, 0) is 9.53 Å². The summed E-state index contributed by atoms with van der Waals surface area (Å²) in [5.74, 6) is 4.21. The van der Waals surface area contributed by atoms with Gasteiger partial charge in [-0.05, 0) is 18.3 Å². The van der Waals surface area contributed by atoms with Gasteiger partial charge < -0.3 is 10.1 Å². The summed E-state index contributed by atoms with van der Waals surface area (Å²) in [7, 11) is 0. The molecule has 2 rings (SSSR count). The fourth-order valence-electron chi connectivity index (χ4n) is 3.19. The van der Waals surface area contributed by atoms with Gasteiger partial charge in [0.05, 0.1) is 6.10 Å². The normalized spacial score (nSPS) is 30.9. The van der Waals surface area contributed by atoms with Crippen molar-refractivity contribution in [2.24, 2.45) is 11.3 Å². The molecule has 0 spiro atoms. The second-order valence-electron chi connectivity index (χ2n) is 7.14. The van der Waals surface area contributed by atoms with Crippen molar-refractivity contribution in [3.63, 3.8) is 0 Å². The molecule has 0 aromatic rings. The van der Waals surface area contributed by atoms with Gasteiger partial charge in [0.25, 0.3) is 0 Å². The minimum atomic E-state index is 0.145. The van der Waals surface area contributed by atoms with Crippen LogP contribution in [0.2, 0.25) is 0 Å². The van der Waals surface area contributed by atoms with Gasteiger partial charge in [0, 0.05) is 48.0 Å². The molecule has 1 amide bonds. The minimum absolute atomic E-state index is 0.145. The van der Waals surface area contributed by atoms with Crippen LogP contribution in [0.3, 0.4) is 0 Å². The molecule has 2 aliphatic heterocycles. The second-order valence-corrected chi connectivity index (χ2v) is 9.69. The fourth-order valence-corrected chi connectivity index (χ4v) is 5.87.